The van der Waals surface area contributed by atoms with Gasteiger partial charge in [0.05, 0.1) is 5.69 Å². The van der Waals surface area contributed by atoms with E-state index in [2.05, 4.69) is 81.2 Å². The van der Waals surface area contributed by atoms with Crippen LogP contribution in [0.3, 0.4) is 0 Å². The second-order valence-corrected chi connectivity index (χ2v) is 6.31. The first kappa shape index (κ1) is 18.3. The number of aromatic nitrogens is 1. The summed E-state index contributed by atoms with van der Waals surface area (Å²) in [5.74, 6) is 0. The summed E-state index contributed by atoms with van der Waals surface area (Å²) in [5.41, 5.74) is 9.31. The zero-order valence-electron chi connectivity index (χ0n) is 14.5. The molecule has 0 bridgehead atoms. The topological polar surface area (TPSA) is 50.9 Å². The Labute approximate surface area is 135 Å². The lowest BCUT2D eigenvalue weighted by Gasteiger charge is -2.20. The fourth-order valence-electron chi connectivity index (χ4n) is 2.07. The fourth-order valence-corrected chi connectivity index (χ4v) is 2.07. The SMILES string of the molecule is CN.Cc1ccc(-c2cccc(CCNC(C)(C)C)n2)cc1. The van der Waals surface area contributed by atoms with Crippen molar-refractivity contribution in [2.75, 3.05) is 13.6 Å². The van der Waals surface area contributed by atoms with Gasteiger partial charge < -0.3 is 11.1 Å². The highest BCUT2D eigenvalue weighted by molar-refractivity contribution is 5.59. The van der Waals surface area contributed by atoms with Gasteiger partial charge in [0, 0.05) is 29.8 Å². The van der Waals surface area contributed by atoms with E-state index in [0.29, 0.717) is 0 Å². The number of rotatable bonds is 4. The molecular formula is C19H29N3. The van der Waals surface area contributed by atoms with Gasteiger partial charge in [-0.2, -0.15) is 0 Å². The highest BCUT2D eigenvalue weighted by Gasteiger charge is 2.08. The average molecular weight is 299 g/mol. The van der Waals surface area contributed by atoms with E-state index in [1.165, 1.54) is 18.2 Å². The monoisotopic (exact) mass is 299 g/mol. The first-order valence-electron chi connectivity index (χ1n) is 7.80. The first-order valence-corrected chi connectivity index (χ1v) is 7.80. The van der Waals surface area contributed by atoms with Crippen LogP contribution < -0.4 is 11.1 Å². The lowest BCUT2D eigenvalue weighted by atomic mass is 10.1. The van der Waals surface area contributed by atoms with Crippen molar-refractivity contribution >= 4 is 0 Å². The van der Waals surface area contributed by atoms with Crippen LogP contribution in [-0.4, -0.2) is 24.1 Å². The molecule has 1 aromatic heterocycles. The van der Waals surface area contributed by atoms with Crippen LogP contribution in [0.1, 0.15) is 32.0 Å². The van der Waals surface area contributed by atoms with E-state index < -0.39 is 0 Å². The molecule has 0 aliphatic heterocycles. The maximum absolute atomic E-state index is 4.75. The van der Waals surface area contributed by atoms with E-state index >= 15 is 0 Å². The molecule has 3 nitrogen and oxygen atoms in total. The van der Waals surface area contributed by atoms with E-state index in [1.54, 1.807) is 0 Å². The average Bonchev–Trinajstić information content (AvgIpc) is 2.49. The molecule has 0 fully saturated rings. The summed E-state index contributed by atoms with van der Waals surface area (Å²) >= 11 is 0. The quantitative estimate of drug-likeness (QED) is 0.907. The second kappa shape index (κ2) is 8.66. The Morgan fingerprint density at radius 2 is 1.64 bits per heavy atom. The molecule has 0 saturated heterocycles. The number of benzene rings is 1. The zero-order chi connectivity index (χ0) is 16.6. The number of hydrogen-bond acceptors (Lipinski definition) is 3. The Kier molecular flexibility index (Phi) is 7.22. The van der Waals surface area contributed by atoms with Crippen LogP contribution >= 0.6 is 0 Å². The lowest BCUT2D eigenvalue weighted by Crippen LogP contribution is -2.37. The molecule has 0 amide bonds. The first-order chi connectivity index (χ1) is 10.4. The smallest absolute Gasteiger partial charge is 0.0705 e. The van der Waals surface area contributed by atoms with E-state index in [4.69, 9.17) is 4.98 Å². The largest absolute Gasteiger partial charge is 0.333 e. The van der Waals surface area contributed by atoms with Gasteiger partial charge in [-0.15, -0.1) is 0 Å². The minimum absolute atomic E-state index is 0.161. The molecule has 0 spiro atoms. The minimum atomic E-state index is 0.161. The van der Waals surface area contributed by atoms with Crippen molar-refractivity contribution in [3.05, 3.63) is 53.7 Å². The fraction of sp³-hybridized carbons (Fsp3) is 0.421. The molecule has 120 valence electrons. The molecule has 0 aliphatic rings. The van der Waals surface area contributed by atoms with Gasteiger partial charge >= 0.3 is 0 Å². The van der Waals surface area contributed by atoms with Gasteiger partial charge in [0.25, 0.3) is 0 Å². The standard InChI is InChI=1S/C18H24N2.CH5N/c1-14-8-10-15(11-9-14)17-7-5-6-16(20-17)12-13-19-18(2,3)4;1-2/h5-11,19H,12-13H2,1-4H3;2H2,1H3. The van der Waals surface area contributed by atoms with E-state index in [9.17, 15) is 0 Å². The Morgan fingerprint density at radius 1 is 1.00 bits per heavy atom. The highest BCUT2D eigenvalue weighted by atomic mass is 14.9. The molecule has 0 atom stereocenters. The Morgan fingerprint density at radius 3 is 2.23 bits per heavy atom. The van der Waals surface area contributed by atoms with Crippen LogP contribution in [-0.2, 0) is 6.42 Å². The molecule has 3 heteroatoms. The van der Waals surface area contributed by atoms with Crippen molar-refractivity contribution < 1.29 is 0 Å². The molecule has 1 aromatic carbocycles. The molecule has 0 radical (unpaired) electrons. The molecule has 3 N–H and O–H groups in total. The number of nitrogens with zero attached hydrogens (tertiary/aromatic N) is 1. The van der Waals surface area contributed by atoms with Crippen LogP contribution in [0.4, 0.5) is 0 Å². The minimum Gasteiger partial charge on any atom is -0.333 e. The van der Waals surface area contributed by atoms with Gasteiger partial charge in [0.2, 0.25) is 0 Å². The highest BCUT2D eigenvalue weighted by Crippen LogP contribution is 2.17. The van der Waals surface area contributed by atoms with Gasteiger partial charge in [-0.1, -0.05) is 35.9 Å². The summed E-state index contributed by atoms with van der Waals surface area (Å²) < 4.78 is 0. The van der Waals surface area contributed by atoms with Crippen molar-refractivity contribution in [1.29, 1.82) is 0 Å². The molecule has 2 rings (SSSR count). The molecule has 1 heterocycles. The Bertz CT molecular complexity index is 554. The zero-order valence-corrected chi connectivity index (χ0v) is 14.5. The van der Waals surface area contributed by atoms with Crippen molar-refractivity contribution in [2.24, 2.45) is 5.73 Å². The Balaban J connectivity index is 0.00000116. The molecule has 22 heavy (non-hydrogen) atoms. The maximum atomic E-state index is 4.75. The molecule has 2 aromatic rings. The predicted molar refractivity (Wildman–Crippen MR) is 96.0 cm³/mol. The maximum Gasteiger partial charge on any atom is 0.0705 e. The van der Waals surface area contributed by atoms with E-state index in [1.807, 2.05) is 0 Å². The summed E-state index contributed by atoms with van der Waals surface area (Å²) in [6, 6.07) is 14.8. The summed E-state index contributed by atoms with van der Waals surface area (Å²) in [5, 5.41) is 3.50. The number of aryl methyl sites for hydroxylation is 1. The van der Waals surface area contributed by atoms with Gasteiger partial charge in [-0.3, -0.25) is 4.98 Å². The van der Waals surface area contributed by atoms with Crippen molar-refractivity contribution in [1.82, 2.24) is 10.3 Å². The van der Waals surface area contributed by atoms with Crippen molar-refractivity contribution in [3.63, 3.8) is 0 Å². The van der Waals surface area contributed by atoms with Crippen LogP contribution in [0.25, 0.3) is 11.3 Å². The third-order valence-corrected chi connectivity index (χ3v) is 3.19. The van der Waals surface area contributed by atoms with Crippen molar-refractivity contribution in [2.45, 2.75) is 39.7 Å². The number of nitrogens with two attached hydrogens (primary N) is 1. The van der Waals surface area contributed by atoms with Crippen molar-refractivity contribution in [3.8, 4) is 11.3 Å². The van der Waals surface area contributed by atoms with E-state index in [0.717, 1.165) is 24.4 Å². The summed E-state index contributed by atoms with van der Waals surface area (Å²) in [4.78, 5) is 4.75. The molecular weight excluding hydrogens is 270 g/mol. The normalized spacial score (nSPS) is 10.8. The van der Waals surface area contributed by atoms with Crippen LogP contribution in [0.5, 0.6) is 0 Å². The predicted octanol–water partition coefficient (Wildman–Crippen LogP) is 3.56. The molecule has 0 unspecified atom stereocenters. The van der Waals surface area contributed by atoms with Gasteiger partial charge in [0.15, 0.2) is 0 Å². The molecule has 0 aliphatic carbocycles. The number of nitrogens with one attached hydrogen (secondary N) is 1. The van der Waals surface area contributed by atoms with Gasteiger partial charge in [-0.05, 0) is 46.9 Å². The Hall–Kier alpha value is -1.71. The van der Waals surface area contributed by atoms with Crippen LogP contribution in [0.2, 0.25) is 0 Å². The number of pyridine rings is 1. The van der Waals surface area contributed by atoms with Gasteiger partial charge in [0.1, 0.15) is 0 Å². The van der Waals surface area contributed by atoms with E-state index in [-0.39, 0.29) is 5.54 Å². The van der Waals surface area contributed by atoms with Gasteiger partial charge in [-0.25, -0.2) is 0 Å². The summed E-state index contributed by atoms with van der Waals surface area (Å²) in [6.45, 7) is 9.61. The lowest BCUT2D eigenvalue weighted by molar-refractivity contribution is 0.428. The third kappa shape index (κ3) is 6.37. The van der Waals surface area contributed by atoms with Crippen LogP contribution in [0, 0.1) is 6.92 Å². The number of hydrogen-bond donors (Lipinski definition) is 2. The summed E-state index contributed by atoms with van der Waals surface area (Å²) in [6.07, 6.45) is 0.955. The second-order valence-electron chi connectivity index (χ2n) is 6.31. The molecule has 0 saturated carbocycles. The van der Waals surface area contributed by atoms with Crippen LogP contribution in [0.15, 0.2) is 42.5 Å². The third-order valence-electron chi connectivity index (χ3n) is 3.19. The summed E-state index contributed by atoms with van der Waals surface area (Å²) in [7, 11) is 1.50.